The lowest BCUT2D eigenvalue weighted by molar-refractivity contribution is 0.0984. The average Bonchev–Trinajstić information content (AvgIpc) is 2.88. The first-order valence-corrected chi connectivity index (χ1v) is 6.78. The minimum atomic E-state index is -0.196. The molecular formula is C14H19N3O2. The molecule has 3 atom stereocenters. The van der Waals surface area contributed by atoms with Crippen molar-refractivity contribution in [3.8, 4) is 0 Å². The van der Waals surface area contributed by atoms with Crippen molar-refractivity contribution >= 4 is 11.8 Å². The van der Waals surface area contributed by atoms with Crippen LogP contribution in [0.5, 0.6) is 0 Å². The molecule has 2 saturated heterocycles. The monoisotopic (exact) mass is 261 g/mol. The van der Waals surface area contributed by atoms with E-state index in [2.05, 4.69) is 15.6 Å². The number of aromatic nitrogens is 1. The van der Waals surface area contributed by atoms with Crippen LogP contribution in [0.4, 0.5) is 10.6 Å². The van der Waals surface area contributed by atoms with Crippen molar-refractivity contribution in [1.82, 2.24) is 10.3 Å². The van der Waals surface area contributed by atoms with Crippen LogP contribution in [0.15, 0.2) is 12.1 Å². The largest absolute Gasteiger partial charge is 0.373 e. The number of nitrogens with zero attached hydrogens (tertiary/aromatic N) is 1. The quantitative estimate of drug-likeness (QED) is 0.857. The Morgan fingerprint density at radius 3 is 2.84 bits per heavy atom. The lowest BCUT2D eigenvalue weighted by atomic mass is 9.96. The van der Waals surface area contributed by atoms with Crippen LogP contribution in [0.2, 0.25) is 0 Å². The average molecular weight is 261 g/mol. The van der Waals surface area contributed by atoms with Gasteiger partial charge in [-0.05, 0) is 50.8 Å². The smallest absolute Gasteiger partial charge is 0.320 e. The summed E-state index contributed by atoms with van der Waals surface area (Å²) in [6.45, 7) is 3.90. The fourth-order valence-corrected chi connectivity index (χ4v) is 3.02. The molecule has 2 fully saturated rings. The van der Waals surface area contributed by atoms with Crippen molar-refractivity contribution in [2.24, 2.45) is 0 Å². The van der Waals surface area contributed by atoms with Gasteiger partial charge in [0.2, 0.25) is 0 Å². The number of urea groups is 1. The summed E-state index contributed by atoms with van der Waals surface area (Å²) < 4.78 is 5.72. The lowest BCUT2D eigenvalue weighted by Crippen LogP contribution is -2.43. The summed E-state index contributed by atoms with van der Waals surface area (Å²) >= 11 is 0. The fourth-order valence-electron chi connectivity index (χ4n) is 3.02. The Bertz CT molecular complexity index is 483. The second-order valence-electron chi connectivity index (χ2n) is 5.49. The Morgan fingerprint density at radius 2 is 2.21 bits per heavy atom. The van der Waals surface area contributed by atoms with Gasteiger partial charge in [-0.15, -0.1) is 0 Å². The molecule has 2 amide bonds. The highest BCUT2D eigenvalue weighted by molar-refractivity contribution is 5.88. The van der Waals surface area contributed by atoms with Gasteiger partial charge in [-0.25, -0.2) is 9.78 Å². The highest BCUT2D eigenvalue weighted by Crippen LogP contribution is 2.34. The van der Waals surface area contributed by atoms with Crippen LogP contribution in [-0.4, -0.2) is 29.3 Å². The van der Waals surface area contributed by atoms with Gasteiger partial charge in [0.05, 0.1) is 18.2 Å². The van der Waals surface area contributed by atoms with E-state index in [9.17, 15) is 4.79 Å². The van der Waals surface area contributed by atoms with Gasteiger partial charge < -0.3 is 10.1 Å². The predicted octanol–water partition coefficient (Wildman–Crippen LogP) is 2.14. The molecule has 102 valence electrons. The molecule has 1 aromatic heterocycles. The standard InChI is InChI=1S/C14H19N3O2/c1-8-5-9(2)15-13(6-8)17-14(18)16-11-7-10-3-4-12(11)19-10/h5-6,10-12H,3-4,7H2,1-2H3,(H2,15,16,17,18). The van der Waals surface area contributed by atoms with Crippen LogP contribution >= 0.6 is 0 Å². The minimum absolute atomic E-state index is 0.143. The zero-order valence-corrected chi connectivity index (χ0v) is 11.3. The second kappa shape index (κ2) is 4.81. The molecule has 3 unspecified atom stereocenters. The van der Waals surface area contributed by atoms with Crippen LogP contribution in [0.3, 0.4) is 0 Å². The van der Waals surface area contributed by atoms with Gasteiger partial charge in [-0.3, -0.25) is 5.32 Å². The number of aryl methyl sites for hydroxylation is 2. The van der Waals surface area contributed by atoms with Crippen LogP contribution < -0.4 is 10.6 Å². The number of nitrogens with one attached hydrogen (secondary N) is 2. The van der Waals surface area contributed by atoms with E-state index in [0.717, 1.165) is 30.5 Å². The van der Waals surface area contributed by atoms with Crippen molar-refractivity contribution < 1.29 is 9.53 Å². The highest BCUT2D eigenvalue weighted by Gasteiger charge is 2.41. The molecule has 2 aliphatic heterocycles. The molecule has 5 heteroatoms. The zero-order valence-electron chi connectivity index (χ0n) is 11.3. The van der Waals surface area contributed by atoms with E-state index < -0.39 is 0 Å². The number of anilines is 1. The Hall–Kier alpha value is -1.62. The molecule has 0 saturated carbocycles. The van der Waals surface area contributed by atoms with Crippen molar-refractivity contribution in [3.05, 3.63) is 23.4 Å². The molecule has 0 aliphatic carbocycles. The van der Waals surface area contributed by atoms with E-state index in [0.29, 0.717) is 11.9 Å². The molecule has 3 rings (SSSR count). The van der Waals surface area contributed by atoms with Crippen LogP contribution in [0.25, 0.3) is 0 Å². The second-order valence-corrected chi connectivity index (χ2v) is 5.49. The summed E-state index contributed by atoms with van der Waals surface area (Å²) in [5, 5.41) is 5.78. The molecule has 2 aliphatic rings. The molecule has 2 bridgehead atoms. The van der Waals surface area contributed by atoms with E-state index >= 15 is 0 Å². The summed E-state index contributed by atoms with van der Waals surface area (Å²) in [7, 11) is 0. The lowest BCUT2D eigenvalue weighted by Gasteiger charge is -2.20. The minimum Gasteiger partial charge on any atom is -0.373 e. The number of pyridine rings is 1. The SMILES string of the molecule is Cc1cc(C)nc(NC(=O)NC2CC3CCC2O3)c1. The van der Waals surface area contributed by atoms with E-state index in [4.69, 9.17) is 4.74 Å². The molecular weight excluding hydrogens is 242 g/mol. The van der Waals surface area contributed by atoms with E-state index in [1.165, 1.54) is 0 Å². The highest BCUT2D eigenvalue weighted by atomic mass is 16.5. The normalized spacial score (nSPS) is 28.4. The third kappa shape index (κ3) is 2.71. The van der Waals surface area contributed by atoms with Gasteiger partial charge in [-0.1, -0.05) is 0 Å². The Morgan fingerprint density at radius 1 is 1.37 bits per heavy atom. The number of amides is 2. The van der Waals surface area contributed by atoms with Crippen molar-refractivity contribution in [2.45, 2.75) is 51.4 Å². The summed E-state index contributed by atoms with van der Waals surface area (Å²) in [6, 6.07) is 3.79. The molecule has 0 spiro atoms. The van der Waals surface area contributed by atoms with Gasteiger partial charge in [0.15, 0.2) is 0 Å². The summed E-state index contributed by atoms with van der Waals surface area (Å²) in [6.07, 6.45) is 3.65. The van der Waals surface area contributed by atoms with E-state index in [1.54, 1.807) is 0 Å². The zero-order chi connectivity index (χ0) is 13.4. The summed E-state index contributed by atoms with van der Waals surface area (Å²) in [5.41, 5.74) is 1.99. The van der Waals surface area contributed by atoms with Crippen LogP contribution in [0, 0.1) is 13.8 Å². The maximum Gasteiger partial charge on any atom is 0.320 e. The maximum absolute atomic E-state index is 11.9. The number of carbonyl (C=O) groups excluding carboxylic acids is 1. The van der Waals surface area contributed by atoms with Gasteiger partial charge in [0, 0.05) is 5.69 Å². The maximum atomic E-state index is 11.9. The fraction of sp³-hybridized carbons (Fsp3) is 0.571. The van der Waals surface area contributed by atoms with Crippen LogP contribution in [0.1, 0.15) is 30.5 Å². The molecule has 19 heavy (non-hydrogen) atoms. The van der Waals surface area contributed by atoms with Crippen LogP contribution in [-0.2, 0) is 4.74 Å². The predicted molar refractivity (Wildman–Crippen MR) is 72.2 cm³/mol. The Labute approximate surface area is 112 Å². The number of fused-ring (bicyclic) bond motifs is 2. The number of hydrogen-bond donors (Lipinski definition) is 2. The van der Waals surface area contributed by atoms with Crippen molar-refractivity contribution in [2.75, 3.05) is 5.32 Å². The van der Waals surface area contributed by atoms with E-state index in [1.807, 2.05) is 26.0 Å². The molecule has 1 aromatic rings. The Balaban J connectivity index is 1.59. The van der Waals surface area contributed by atoms with E-state index in [-0.39, 0.29) is 18.2 Å². The first-order valence-electron chi connectivity index (χ1n) is 6.78. The van der Waals surface area contributed by atoms with Crippen molar-refractivity contribution in [1.29, 1.82) is 0 Å². The van der Waals surface area contributed by atoms with Crippen molar-refractivity contribution in [3.63, 3.8) is 0 Å². The number of rotatable bonds is 2. The number of hydrogen-bond acceptors (Lipinski definition) is 3. The van der Waals surface area contributed by atoms with Gasteiger partial charge in [-0.2, -0.15) is 0 Å². The van der Waals surface area contributed by atoms with Gasteiger partial charge >= 0.3 is 6.03 Å². The summed E-state index contributed by atoms with van der Waals surface area (Å²) in [5.74, 6) is 0.596. The topological polar surface area (TPSA) is 63.2 Å². The Kier molecular flexibility index (Phi) is 3.14. The third-order valence-electron chi connectivity index (χ3n) is 3.76. The first-order chi connectivity index (χ1) is 9.10. The molecule has 0 radical (unpaired) electrons. The number of carbonyl (C=O) groups is 1. The molecule has 5 nitrogen and oxygen atoms in total. The number of ether oxygens (including phenoxy) is 1. The molecule has 0 aromatic carbocycles. The molecule has 3 heterocycles. The third-order valence-corrected chi connectivity index (χ3v) is 3.76. The van der Waals surface area contributed by atoms with Gasteiger partial charge in [0.1, 0.15) is 5.82 Å². The first kappa shape index (κ1) is 12.4. The summed E-state index contributed by atoms with van der Waals surface area (Å²) in [4.78, 5) is 16.2. The van der Waals surface area contributed by atoms with Gasteiger partial charge in [0.25, 0.3) is 0 Å². The molecule has 2 N–H and O–H groups in total.